The summed E-state index contributed by atoms with van der Waals surface area (Å²) in [7, 11) is 0. The molecule has 1 aliphatic rings. The minimum absolute atomic E-state index is 0.00873. The van der Waals surface area contributed by atoms with Crippen LogP contribution in [0.25, 0.3) is 0 Å². The molecule has 23 heavy (non-hydrogen) atoms. The molecule has 0 aliphatic carbocycles. The van der Waals surface area contributed by atoms with Gasteiger partial charge in [-0.05, 0) is 17.7 Å². The average Bonchev–Trinajstić information content (AvgIpc) is 3.09. The Kier molecular flexibility index (Phi) is 4.73. The maximum atomic E-state index is 12.4. The lowest BCUT2D eigenvalue weighted by molar-refractivity contribution is -0.155. The molecule has 0 bridgehead atoms. The molecule has 1 fully saturated rings. The Morgan fingerprint density at radius 1 is 1.22 bits per heavy atom. The Balaban J connectivity index is 1.67. The molecule has 1 aromatic carbocycles. The molecule has 2 aromatic rings. The summed E-state index contributed by atoms with van der Waals surface area (Å²) < 4.78 is 10.4. The van der Waals surface area contributed by atoms with Crippen LogP contribution >= 0.6 is 0 Å². The van der Waals surface area contributed by atoms with Gasteiger partial charge in [0.1, 0.15) is 18.4 Å². The van der Waals surface area contributed by atoms with Gasteiger partial charge in [0.15, 0.2) is 0 Å². The first kappa shape index (κ1) is 15.3. The van der Waals surface area contributed by atoms with Crippen LogP contribution in [0.4, 0.5) is 0 Å². The van der Waals surface area contributed by atoms with Gasteiger partial charge in [0.25, 0.3) is 0 Å². The van der Waals surface area contributed by atoms with E-state index in [4.69, 9.17) is 9.15 Å². The maximum absolute atomic E-state index is 12.4. The number of ether oxygens (including phenoxy) is 1. The van der Waals surface area contributed by atoms with Gasteiger partial charge >= 0.3 is 0 Å². The van der Waals surface area contributed by atoms with Crippen LogP contribution in [0, 0.1) is 0 Å². The van der Waals surface area contributed by atoms with Crippen molar-refractivity contribution in [1.82, 2.24) is 10.2 Å². The van der Waals surface area contributed by atoms with E-state index in [0.717, 1.165) is 5.56 Å². The maximum Gasteiger partial charge on any atom is 0.249 e. The molecule has 6 heteroatoms. The molecule has 2 amide bonds. The van der Waals surface area contributed by atoms with Gasteiger partial charge in [-0.25, -0.2) is 0 Å². The third-order valence-electron chi connectivity index (χ3n) is 3.71. The standard InChI is InChI=1S/C17H18N2O4/c20-16-12-22-11-15(17(21)18-9-14-7-4-8-23-14)19(16)10-13-5-2-1-3-6-13/h1-8,15H,9-12H2,(H,18,21)/t15-/m1/s1. The van der Waals surface area contributed by atoms with Gasteiger partial charge in [-0.2, -0.15) is 0 Å². The molecule has 0 radical (unpaired) electrons. The minimum atomic E-state index is -0.633. The Hall–Kier alpha value is -2.60. The monoisotopic (exact) mass is 314 g/mol. The predicted molar refractivity (Wildman–Crippen MR) is 82.2 cm³/mol. The van der Waals surface area contributed by atoms with Crippen LogP contribution in [0.2, 0.25) is 0 Å². The number of carbonyl (C=O) groups excluding carboxylic acids is 2. The summed E-state index contributed by atoms with van der Waals surface area (Å²) in [6.45, 7) is 0.884. The zero-order valence-corrected chi connectivity index (χ0v) is 12.6. The van der Waals surface area contributed by atoms with E-state index in [-0.39, 0.29) is 31.6 Å². The van der Waals surface area contributed by atoms with Crippen LogP contribution in [-0.4, -0.2) is 36.0 Å². The van der Waals surface area contributed by atoms with E-state index in [2.05, 4.69) is 5.32 Å². The number of benzene rings is 1. The largest absolute Gasteiger partial charge is 0.467 e. The number of hydrogen-bond donors (Lipinski definition) is 1. The topological polar surface area (TPSA) is 71.8 Å². The third kappa shape index (κ3) is 3.78. The molecule has 0 saturated carbocycles. The van der Waals surface area contributed by atoms with Gasteiger partial charge in [-0.15, -0.1) is 0 Å². The lowest BCUT2D eigenvalue weighted by atomic mass is 10.1. The van der Waals surface area contributed by atoms with E-state index in [9.17, 15) is 9.59 Å². The Morgan fingerprint density at radius 3 is 2.78 bits per heavy atom. The SMILES string of the molecule is O=C(NCc1ccco1)[C@H]1COCC(=O)N1Cc1ccccc1. The van der Waals surface area contributed by atoms with Gasteiger partial charge < -0.3 is 19.4 Å². The van der Waals surface area contributed by atoms with Gasteiger partial charge in [-0.1, -0.05) is 30.3 Å². The fraction of sp³-hybridized carbons (Fsp3) is 0.294. The number of morpholine rings is 1. The molecule has 0 spiro atoms. The number of rotatable bonds is 5. The van der Waals surface area contributed by atoms with E-state index in [0.29, 0.717) is 12.3 Å². The summed E-state index contributed by atoms with van der Waals surface area (Å²) in [5.74, 6) is 0.236. The van der Waals surface area contributed by atoms with Crippen molar-refractivity contribution in [3.05, 3.63) is 60.1 Å². The molecule has 3 rings (SSSR count). The Bertz CT molecular complexity index is 654. The highest BCUT2D eigenvalue weighted by molar-refractivity contribution is 5.89. The van der Waals surface area contributed by atoms with E-state index < -0.39 is 6.04 Å². The molecule has 6 nitrogen and oxygen atoms in total. The molecule has 1 aromatic heterocycles. The average molecular weight is 314 g/mol. The smallest absolute Gasteiger partial charge is 0.249 e. The summed E-state index contributed by atoms with van der Waals surface area (Å²) in [4.78, 5) is 26.1. The van der Waals surface area contributed by atoms with Crippen molar-refractivity contribution in [3.63, 3.8) is 0 Å². The number of nitrogens with zero attached hydrogens (tertiary/aromatic N) is 1. The van der Waals surface area contributed by atoms with Gasteiger partial charge in [0.05, 0.1) is 19.4 Å². The summed E-state index contributed by atoms with van der Waals surface area (Å²) >= 11 is 0. The summed E-state index contributed by atoms with van der Waals surface area (Å²) in [6, 6.07) is 12.5. The fourth-order valence-corrected chi connectivity index (χ4v) is 2.51. The molecular weight excluding hydrogens is 296 g/mol. The fourth-order valence-electron chi connectivity index (χ4n) is 2.51. The van der Waals surface area contributed by atoms with Crippen LogP contribution in [0.15, 0.2) is 53.1 Å². The highest BCUT2D eigenvalue weighted by Gasteiger charge is 2.33. The number of hydrogen-bond acceptors (Lipinski definition) is 4. The number of furan rings is 1. The van der Waals surface area contributed by atoms with Crippen molar-refractivity contribution in [2.24, 2.45) is 0 Å². The zero-order valence-electron chi connectivity index (χ0n) is 12.6. The van der Waals surface area contributed by atoms with Crippen molar-refractivity contribution in [3.8, 4) is 0 Å². The first-order valence-electron chi connectivity index (χ1n) is 7.45. The molecule has 1 atom stereocenters. The third-order valence-corrected chi connectivity index (χ3v) is 3.71. The highest BCUT2D eigenvalue weighted by Crippen LogP contribution is 2.14. The molecule has 120 valence electrons. The summed E-state index contributed by atoms with van der Waals surface area (Å²) in [5, 5.41) is 2.78. The second-order valence-corrected chi connectivity index (χ2v) is 5.34. The first-order valence-corrected chi connectivity index (χ1v) is 7.45. The van der Waals surface area contributed by atoms with Crippen molar-refractivity contribution in [1.29, 1.82) is 0 Å². The minimum Gasteiger partial charge on any atom is -0.467 e. The predicted octanol–water partition coefficient (Wildman–Crippen LogP) is 1.32. The van der Waals surface area contributed by atoms with Crippen LogP contribution in [-0.2, 0) is 27.4 Å². The van der Waals surface area contributed by atoms with E-state index in [1.165, 1.54) is 0 Å². The van der Waals surface area contributed by atoms with Crippen LogP contribution in [0.1, 0.15) is 11.3 Å². The number of carbonyl (C=O) groups is 2. The van der Waals surface area contributed by atoms with E-state index in [1.807, 2.05) is 30.3 Å². The molecule has 1 N–H and O–H groups in total. The summed E-state index contributed by atoms with van der Waals surface area (Å²) in [6.07, 6.45) is 1.55. The zero-order chi connectivity index (χ0) is 16.1. The lowest BCUT2D eigenvalue weighted by Gasteiger charge is -2.34. The quantitative estimate of drug-likeness (QED) is 0.903. The first-order chi connectivity index (χ1) is 11.2. The van der Waals surface area contributed by atoms with Crippen LogP contribution < -0.4 is 5.32 Å². The van der Waals surface area contributed by atoms with Gasteiger partial charge in [0.2, 0.25) is 11.8 Å². The summed E-state index contributed by atoms with van der Waals surface area (Å²) in [5.41, 5.74) is 0.978. The molecule has 1 aliphatic heterocycles. The van der Waals surface area contributed by atoms with E-state index in [1.54, 1.807) is 23.3 Å². The lowest BCUT2D eigenvalue weighted by Crippen LogP contribution is -2.55. The van der Waals surface area contributed by atoms with E-state index >= 15 is 0 Å². The highest BCUT2D eigenvalue weighted by atomic mass is 16.5. The van der Waals surface area contributed by atoms with Crippen molar-refractivity contribution in [2.45, 2.75) is 19.1 Å². The second kappa shape index (κ2) is 7.11. The normalized spacial score (nSPS) is 18.0. The number of nitrogens with one attached hydrogen (secondary N) is 1. The molecule has 2 heterocycles. The van der Waals surface area contributed by atoms with Gasteiger partial charge in [-0.3, -0.25) is 9.59 Å². The van der Waals surface area contributed by atoms with Gasteiger partial charge in [0, 0.05) is 6.54 Å². The van der Waals surface area contributed by atoms with Crippen molar-refractivity contribution < 1.29 is 18.7 Å². The van der Waals surface area contributed by atoms with Crippen LogP contribution in [0.5, 0.6) is 0 Å². The van der Waals surface area contributed by atoms with Crippen molar-refractivity contribution >= 4 is 11.8 Å². The number of amides is 2. The Morgan fingerprint density at radius 2 is 2.04 bits per heavy atom. The van der Waals surface area contributed by atoms with Crippen LogP contribution in [0.3, 0.4) is 0 Å². The Labute approximate surface area is 134 Å². The molecular formula is C17H18N2O4. The molecule has 0 unspecified atom stereocenters. The van der Waals surface area contributed by atoms with Crippen molar-refractivity contribution in [2.75, 3.05) is 13.2 Å². The second-order valence-electron chi connectivity index (χ2n) is 5.34. The molecule has 1 saturated heterocycles.